The first-order valence-corrected chi connectivity index (χ1v) is 17.8. The van der Waals surface area contributed by atoms with E-state index < -0.39 is 11.4 Å². The van der Waals surface area contributed by atoms with Crippen LogP contribution in [-0.2, 0) is 9.47 Å². The number of piperazine rings is 1. The van der Waals surface area contributed by atoms with E-state index in [9.17, 15) is 10.1 Å². The zero-order chi connectivity index (χ0) is 35.9. The van der Waals surface area contributed by atoms with E-state index in [-0.39, 0.29) is 46.5 Å². The lowest BCUT2D eigenvalue weighted by atomic mass is 10.1. The Hall–Kier alpha value is -4.45. The van der Waals surface area contributed by atoms with Gasteiger partial charge in [0.15, 0.2) is 12.0 Å². The van der Waals surface area contributed by atoms with Crippen molar-refractivity contribution in [2.45, 2.75) is 70.7 Å². The van der Waals surface area contributed by atoms with Gasteiger partial charge >= 0.3 is 6.09 Å². The maximum atomic E-state index is 15.4. The van der Waals surface area contributed by atoms with Crippen LogP contribution in [0.5, 0.6) is 17.5 Å². The van der Waals surface area contributed by atoms with Crippen molar-refractivity contribution >= 4 is 45.2 Å². The average Bonchev–Trinajstić information content (AvgIpc) is 3.73. The van der Waals surface area contributed by atoms with E-state index in [1.807, 2.05) is 25.7 Å². The van der Waals surface area contributed by atoms with E-state index >= 15 is 4.39 Å². The second kappa shape index (κ2) is 14.3. The molecule has 1 amide bonds. The number of nitriles is 1. The molecule has 2 unspecified atom stereocenters. The van der Waals surface area contributed by atoms with Crippen LogP contribution in [0.1, 0.15) is 64.7 Å². The molecule has 13 nitrogen and oxygen atoms in total. The van der Waals surface area contributed by atoms with Crippen LogP contribution in [0.25, 0.3) is 21.8 Å². The fourth-order valence-corrected chi connectivity index (χ4v) is 7.18. The van der Waals surface area contributed by atoms with Crippen molar-refractivity contribution in [3.8, 4) is 23.6 Å². The van der Waals surface area contributed by atoms with Gasteiger partial charge in [0.25, 0.3) is 0 Å². The normalized spacial score (nSPS) is 20.2. The number of fused-ring (bicyclic) bond motifs is 2. The minimum atomic E-state index is -0.676. The van der Waals surface area contributed by atoms with Gasteiger partial charge < -0.3 is 33.6 Å². The number of carbonyl (C=O) groups excluding carboxylic acids is 1. The molecular weight excluding hydrogens is 679 g/mol. The van der Waals surface area contributed by atoms with Gasteiger partial charge in [-0.25, -0.2) is 23.8 Å². The van der Waals surface area contributed by atoms with Crippen molar-refractivity contribution < 1.29 is 28.1 Å². The molecule has 7 rings (SSSR count). The SMILES string of the molecule is CN1CCCC1COc1nc2c(Oc3c(Cl)c(F)cc4c3cnn4C3CCCCO3)nccc2c(N2CCN(C(=O)OC(C)(C)C)CC2)c1C#N. The third kappa shape index (κ3) is 7.07. The third-order valence-electron chi connectivity index (χ3n) is 9.63. The first-order chi connectivity index (χ1) is 24.5. The molecule has 2 atom stereocenters. The molecule has 3 aliphatic heterocycles. The molecule has 6 heterocycles. The topological polar surface area (TPSA) is 131 Å². The Morgan fingerprint density at radius 3 is 2.61 bits per heavy atom. The molecule has 3 fully saturated rings. The van der Waals surface area contributed by atoms with E-state index in [0.717, 1.165) is 38.6 Å². The van der Waals surface area contributed by atoms with Crippen LogP contribution >= 0.6 is 11.6 Å². The molecule has 3 aromatic heterocycles. The number of pyridine rings is 2. The van der Waals surface area contributed by atoms with Crippen LogP contribution in [0.15, 0.2) is 24.5 Å². The minimum Gasteiger partial charge on any atom is -0.475 e. The van der Waals surface area contributed by atoms with E-state index in [4.69, 9.17) is 35.5 Å². The number of carbonyl (C=O) groups is 1. The van der Waals surface area contributed by atoms with Gasteiger partial charge in [-0.2, -0.15) is 10.4 Å². The summed E-state index contributed by atoms with van der Waals surface area (Å²) in [6.07, 6.45) is 7.13. The number of nitrogens with zero attached hydrogens (tertiary/aromatic N) is 8. The summed E-state index contributed by atoms with van der Waals surface area (Å²) in [6.45, 7) is 9.02. The third-order valence-corrected chi connectivity index (χ3v) is 9.98. The second-order valence-electron chi connectivity index (χ2n) is 14.3. The molecule has 3 saturated heterocycles. The van der Waals surface area contributed by atoms with Crippen molar-refractivity contribution in [3.05, 3.63) is 40.9 Å². The molecule has 0 spiro atoms. The Bertz CT molecular complexity index is 1980. The number of aromatic nitrogens is 4. The Morgan fingerprint density at radius 1 is 1.12 bits per heavy atom. The predicted octanol–water partition coefficient (Wildman–Crippen LogP) is 6.67. The fourth-order valence-electron chi connectivity index (χ4n) is 6.98. The largest absolute Gasteiger partial charge is 0.475 e. The number of likely N-dealkylation sites (N-methyl/N-ethyl adjacent to an activating group) is 1. The molecule has 0 N–H and O–H groups in total. The first kappa shape index (κ1) is 35.0. The van der Waals surface area contributed by atoms with E-state index in [0.29, 0.717) is 66.9 Å². The first-order valence-electron chi connectivity index (χ1n) is 17.5. The summed E-state index contributed by atoms with van der Waals surface area (Å²) in [6, 6.07) is 5.62. The lowest BCUT2D eigenvalue weighted by Gasteiger charge is -2.37. The van der Waals surface area contributed by atoms with Crippen LogP contribution in [0.4, 0.5) is 14.9 Å². The Kier molecular flexibility index (Phi) is 9.80. The average molecular weight is 721 g/mol. The monoisotopic (exact) mass is 720 g/mol. The Labute approximate surface area is 300 Å². The molecular formula is C36H42ClFN8O5. The number of ether oxygens (including phenoxy) is 4. The highest BCUT2D eigenvalue weighted by molar-refractivity contribution is 6.33. The van der Waals surface area contributed by atoms with Gasteiger partial charge in [-0.1, -0.05) is 11.6 Å². The maximum Gasteiger partial charge on any atom is 0.410 e. The summed E-state index contributed by atoms with van der Waals surface area (Å²) in [5.41, 5.74) is 1.03. The number of rotatable bonds is 7. The smallest absolute Gasteiger partial charge is 0.410 e. The second-order valence-corrected chi connectivity index (χ2v) is 14.6. The van der Waals surface area contributed by atoms with E-state index in [2.05, 4.69) is 28.1 Å². The number of benzene rings is 1. The Morgan fingerprint density at radius 2 is 1.92 bits per heavy atom. The van der Waals surface area contributed by atoms with E-state index in [1.165, 1.54) is 6.07 Å². The number of anilines is 1. The number of hydrogen-bond acceptors (Lipinski definition) is 11. The molecule has 1 aromatic carbocycles. The Balaban J connectivity index is 1.29. The summed E-state index contributed by atoms with van der Waals surface area (Å²) in [5, 5.41) is 16.0. The lowest BCUT2D eigenvalue weighted by molar-refractivity contribution is -0.0367. The van der Waals surface area contributed by atoms with Crippen molar-refractivity contribution in [1.29, 1.82) is 5.26 Å². The van der Waals surface area contributed by atoms with Crippen LogP contribution in [0, 0.1) is 17.1 Å². The van der Waals surface area contributed by atoms with Crippen molar-refractivity contribution in [2.24, 2.45) is 0 Å². The molecule has 3 aliphatic rings. The maximum absolute atomic E-state index is 15.4. The van der Waals surface area contributed by atoms with Crippen molar-refractivity contribution in [3.63, 3.8) is 0 Å². The summed E-state index contributed by atoms with van der Waals surface area (Å²) < 4.78 is 41.4. The molecule has 0 saturated carbocycles. The lowest BCUT2D eigenvalue weighted by Crippen LogP contribution is -2.50. The number of amides is 1. The fraction of sp³-hybridized carbons (Fsp3) is 0.528. The van der Waals surface area contributed by atoms with Gasteiger partial charge in [0.05, 0.1) is 22.8 Å². The number of halogens is 2. The molecule has 0 aliphatic carbocycles. The van der Waals surface area contributed by atoms with E-state index in [1.54, 1.807) is 28.0 Å². The highest BCUT2D eigenvalue weighted by atomic mass is 35.5. The van der Waals surface area contributed by atoms with Gasteiger partial charge in [-0.3, -0.25) is 0 Å². The predicted molar refractivity (Wildman–Crippen MR) is 189 cm³/mol. The van der Waals surface area contributed by atoms with Crippen molar-refractivity contribution in [2.75, 3.05) is 57.9 Å². The molecule has 0 radical (unpaired) electrons. The molecule has 15 heteroatoms. The highest BCUT2D eigenvalue weighted by Gasteiger charge is 2.31. The summed E-state index contributed by atoms with van der Waals surface area (Å²) in [7, 11) is 2.05. The molecule has 0 bridgehead atoms. The van der Waals surface area contributed by atoms with Gasteiger partial charge in [-0.15, -0.1) is 0 Å². The van der Waals surface area contributed by atoms with Gasteiger partial charge in [0, 0.05) is 56.5 Å². The number of hydrogen-bond donors (Lipinski definition) is 0. The highest BCUT2D eigenvalue weighted by Crippen LogP contribution is 2.43. The van der Waals surface area contributed by atoms with Gasteiger partial charge in [0.1, 0.15) is 40.2 Å². The summed E-state index contributed by atoms with van der Waals surface area (Å²) >= 11 is 6.58. The number of likely N-dealkylation sites (tertiary alicyclic amines) is 1. The van der Waals surface area contributed by atoms with Crippen LogP contribution in [-0.4, -0.2) is 100 Å². The standard InChI is InChI=1S/C36H42ClFN8O5/c1-36(2,3)51-35(47)45-15-13-44(14-16-45)31-23-10-11-40-34(30(23)42-33(24(31)19-39)49-21-22-8-7-12-43(22)4)50-32-25-20-41-46(28-9-5-6-17-48-28)27(25)18-26(38)29(32)37/h10-11,18,20,22,28H,5-9,12-17,21H2,1-4H3. The zero-order valence-corrected chi connectivity index (χ0v) is 30.1. The van der Waals surface area contributed by atoms with Crippen molar-refractivity contribution in [1.82, 2.24) is 29.5 Å². The zero-order valence-electron chi connectivity index (χ0n) is 29.3. The molecule has 51 heavy (non-hydrogen) atoms. The molecule has 270 valence electrons. The van der Waals surface area contributed by atoms with Crippen LogP contribution < -0.4 is 14.4 Å². The molecule has 4 aromatic rings. The van der Waals surface area contributed by atoms with Gasteiger partial charge in [0.2, 0.25) is 11.8 Å². The summed E-state index contributed by atoms with van der Waals surface area (Å²) in [5.74, 6) is -0.429. The summed E-state index contributed by atoms with van der Waals surface area (Å²) in [4.78, 5) is 28.2. The quantitative estimate of drug-likeness (QED) is 0.203. The van der Waals surface area contributed by atoms with Gasteiger partial charge in [-0.05, 0) is 72.5 Å². The van der Waals surface area contributed by atoms with Crippen LogP contribution in [0.2, 0.25) is 5.02 Å². The van der Waals surface area contributed by atoms with Crippen LogP contribution in [0.3, 0.4) is 0 Å². The minimum absolute atomic E-state index is 0.0439.